The number of benzene rings is 1. The summed E-state index contributed by atoms with van der Waals surface area (Å²) < 4.78 is 51.1. The maximum Gasteiger partial charge on any atom is 0.416 e. The third kappa shape index (κ3) is 3.39. The fourth-order valence-electron chi connectivity index (χ4n) is 2.09. The minimum absolute atomic E-state index is 0.0914. The molecule has 0 aromatic heterocycles. The highest BCUT2D eigenvalue weighted by atomic mass is 19.4. The molecule has 0 amide bonds. The third-order valence-electron chi connectivity index (χ3n) is 3.14. The number of nitrogens with one attached hydrogen (secondary N) is 1. The lowest BCUT2D eigenvalue weighted by atomic mass is 9.99. The van der Waals surface area contributed by atoms with Crippen molar-refractivity contribution in [2.75, 3.05) is 6.54 Å². The van der Waals surface area contributed by atoms with Gasteiger partial charge in [-0.2, -0.15) is 13.2 Å². The summed E-state index contributed by atoms with van der Waals surface area (Å²) in [4.78, 5) is 0. The first kappa shape index (κ1) is 13.7. The summed E-state index contributed by atoms with van der Waals surface area (Å²) in [6.45, 7) is 0.645. The quantitative estimate of drug-likeness (QED) is 0.832. The van der Waals surface area contributed by atoms with Gasteiger partial charge >= 0.3 is 6.18 Å². The van der Waals surface area contributed by atoms with Crippen molar-refractivity contribution in [3.05, 3.63) is 47.0 Å². The second-order valence-corrected chi connectivity index (χ2v) is 4.61. The summed E-state index contributed by atoms with van der Waals surface area (Å²) >= 11 is 0. The zero-order valence-corrected chi connectivity index (χ0v) is 10.1. The van der Waals surface area contributed by atoms with Crippen LogP contribution in [0.4, 0.5) is 17.6 Å². The predicted octanol–water partition coefficient (Wildman–Crippen LogP) is 2.80. The molecule has 2 nitrogen and oxygen atoms in total. The number of nitrogens with two attached hydrogens (primary N) is 1. The van der Waals surface area contributed by atoms with Crippen molar-refractivity contribution in [2.24, 2.45) is 11.7 Å². The van der Waals surface area contributed by atoms with Crippen molar-refractivity contribution in [3.8, 4) is 0 Å². The van der Waals surface area contributed by atoms with E-state index in [1.165, 1.54) is 0 Å². The van der Waals surface area contributed by atoms with Gasteiger partial charge in [0.25, 0.3) is 0 Å². The van der Waals surface area contributed by atoms with Crippen LogP contribution in [0.15, 0.2) is 30.1 Å². The van der Waals surface area contributed by atoms with E-state index in [2.05, 4.69) is 5.32 Å². The van der Waals surface area contributed by atoms with E-state index in [0.29, 0.717) is 18.8 Å². The van der Waals surface area contributed by atoms with E-state index in [9.17, 15) is 17.6 Å². The first-order chi connectivity index (χ1) is 8.86. The summed E-state index contributed by atoms with van der Waals surface area (Å²) in [6.07, 6.45) is -1.81. The van der Waals surface area contributed by atoms with E-state index in [-0.39, 0.29) is 17.9 Å². The fourth-order valence-corrected chi connectivity index (χ4v) is 2.09. The van der Waals surface area contributed by atoms with Gasteiger partial charge in [-0.15, -0.1) is 0 Å². The summed E-state index contributed by atoms with van der Waals surface area (Å²) in [7, 11) is 0. The van der Waals surface area contributed by atoms with Gasteiger partial charge in [0.05, 0.1) is 11.4 Å². The minimum atomic E-state index is -4.44. The second-order valence-electron chi connectivity index (χ2n) is 4.61. The highest BCUT2D eigenvalue weighted by molar-refractivity contribution is 5.27. The van der Waals surface area contributed by atoms with Crippen LogP contribution >= 0.6 is 0 Å². The Morgan fingerprint density at radius 2 is 2.05 bits per heavy atom. The molecule has 1 heterocycles. The van der Waals surface area contributed by atoms with Gasteiger partial charge in [0.15, 0.2) is 0 Å². The molecule has 0 bridgehead atoms. The van der Waals surface area contributed by atoms with Gasteiger partial charge in [-0.05, 0) is 48.6 Å². The van der Waals surface area contributed by atoms with Crippen molar-refractivity contribution >= 4 is 0 Å². The van der Waals surface area contributed by atoms with Gasteiger partial charge in [-0.25, -0.2) is 4.39 Å². The molecule has 0 fully saturated rings. The highest BCUT2D eigenvalue weighted by Crippen LogP contribution is 2.31. The van der Waals surface area contributed by atoms with E-state index < -0.39 is 17.6 Å². The average molecular weight is 274 g/mol. The van der Waals surface area contributed by atoms with Crippen LogP contribution in [-0.4, -0.2) is 6.54 Å². The molecule has 1 atom stereocenters. The number of rotatable bonds is 3. The van der Waals surface area contributed by atoms with Crippen molar-refractivity contribution < 1.29 is 17.6 Å². The maximum absolute atomic E-state index is 13.5. The summed E-state index contributed by atoms with van der Waals surface area (Å²) in [5.41, 5.74) is 4.81. The molecule has 0 spiro atoms. The largest absolute Gasteiger partial charge is 0.416 e. The van der Waals surface area contributed by atoms with Crippen LogP contribution in [0.1, 0.15) is 17.5 Å². The number of aryl methyl sites for hydroxylation is 1. The van der Waals surface area contributed by atoms with Gasteiger partial charge in [-0.1, -0.05) is 0 Å². The van der Waals surface area contributed by atoms with Crippen LogP contribution in [0.5, 0.6) is 0 Å². The van der Waals surface area contributed by atoms with Gasteiger partial charge in [0.1, 0.15) is 5.82 Å². The van der Waals surface area contributed by atoms with E-state index in [1.54, 1.807) is 0 Å². The molecular formula is C13H14F4N2. The lowest BCUT2D eigenvalue weighted by Crippen LogP contribution is -2.16. The van der Waals surface area contributed by atoms with Crippen LogP contribution < -0.4 is 11.1 Å². The topological polar surface area (TPSA) is 38.0 Å². The molecular weight excluding hydrogens is 260 g/mol. The molecule has 2 rings (SSSR count). The maximum atomic E-state index is 13.5. The Morgan fingerprint density at radius 3 is 2.63 bits per heavy atom. The van der Waals surface area contributed by atoms with Crippen LogP contribution in [0, 0.1) is 11.7 Å². The molecule has 104 valence electrons. The Kier molecular flexibility index (Phi) is 3.68. The van der Waals surface area contributed by atoms with E-state index in [0.717, 1.165) is 18.2 Å². The van der Waals surface area contributed by atoms with Crippen LogP contribution in [0.2, 0.25) is 0 Å². The molecule has 0 aliphatic carbocycles. The van der Waals surface area contributed by atoms with E-state index in [1.807, 2.05) is 6.08 Å². The van der Waals surface area contributed by atoms with Gasteiger partial charge in [-0.3, -0.25) is 0 Å². The van der Waals surface area contributed by atoms with Crippen LogP contribution in [-0.2, 0) is 12.6 Å². The van der Waals surface area contributed by atoms with Crippen LogP contribution in [0.25, 0.3) is 0 Å². The molecule has 0 saturated carbocycles. The molecule has 6 heteroatoms. The molecule has 1 aromatic carbocycles. The highest BCUT2D eigenvalue weighted by Gasteiger charge is 2.31. The molecule has 0 radical (unpaired) electrons. The molecule has 1 aliphatic rings. The Bertz CT molecular complexity index is 494. The molecule has 0 saturated heterocycles. The number of halogens is 4. The minimum Gasteiger partial charge on any atom is -0.386 e. The van der Waals surface area contributed by atoms with E-state index in [4.69, 9.17) is 5.73 Å². The van der Waals surface area contributed by atoms with Crippen molar-refractivity contribution in [2.45, 2.75) is 19.0 Å². The Balaban J connectivity index is 2.07. The Morgan fingerprint density at radius 1 is 1.32 bits per heavy atom. The normalized spacial score (nSPS) is 19.2. The fraction of sp³-hybridized carbons (Fsp3) is 0.385. The first-order valence-corrected chi connectivity index (χ1v) is 5.93. The Hall–Kier alpha value is -1.72. The summed E-state index contributed by atoms with van der Waals surface area (Å²) in [6, 6.07) is 2.51. The predicted molar refractivity (Wildman–Crippen MR) is 63.5 cm³/mol. The second kappa shape index (κ2) is 5.11. The lowest BCUT2D eigenvalue weighted by molar-refractivity contribution is -0.137. The molecule has 3 N–H and O–H groups in total. The summed E-state index contributed by atoms with van der Waals surface area (Å²) in [5.74, 6) is 0.0966. The monoisotopic (exact) mass is 274 g/mol. The first-order valence-electron chi connectivity index (χ1n) is 5.93. The number of hydrogen-bond acceptors (Lipinski definition) is 2. The van der Waals surface area contributed by atoms with Crippen molar-refractivity contribution in [3.63, 3.8) is 0 Å². The van der Waals surface area contributed by atoms with Crippen molar-refractivity contribution in [1.29, 1.82) is 0 Å². The molecule has 1 aliphatic heterocycles. The van der Waals surface area contributed by atoms with Gasteiger partial charge in [0.2, 0.25) is 0 Å². The van der Waals surface area contributed by atoms with E-state index >= 15 is 0 Å². The molecule has 1 aromatic rings. The third-order valence-corrected chi connectivity index (χ3v) is 3.14. The summed E-state index contributed by atoms with van der Waals surface area (Å²) in [5, 5.41) is 2.92. The standard InChI is InChI=1S/C13H14F4N2/c14-11-4-3-10(13(15,16)17)6-9(11)2-1-8-5-12(18)19-7-8/h3-6,8,19H,1-2,7,18H2/t8-/m0/s1. The lowest BCUT2D eigenvalue weighted by Gasteiger charge is -2.11. The average Bonchev–Trinajstić information content (AvgIpc) is 2.72. The zero-order chi connectivity index (χ0) is 14.0. The number of alkyl halides is 3. The number of hydrogen-bond donors (Lipinski definition) is 2. The Labute approximate surface area is 108 Å². The zero-order valence-electron chi connectivity index (χ0n) is 10.1. The van der Waals surface area contributed by atoms with Gasteiger partial charge < -0.3 is 11.1 Å². The van der Waals surface area contributed by atoms with Crippen molar-refractivity contribution in [1.82, 2.24) is 5.32 Å². The molecule has 19 heavy (non-hydrogen) atoms. The smallest absolute Gasteiger partial charge is 0.386 e. The van der Waals surface area contributed by atoms with Gasteiger partial charge in [0, 0.05) is 6.54 Å². The molecule has 0 unspecified atom stereocenters. The van der Waals surface area contributed by atoms with Crippen LogP contribution in [0.3, 0.4) is 0 Å². The SMILES string of the molecule is NC1=C[C@H](CCc2cc(C(F)(F)F)ccc2F)CN1.